The molecule has 174 valence electrons. The summed E-state index contributed by atoms with van der Waals surface area (Å²) in [5.41, 5.74) is 1.05. The summed E-state index contributed by atoms with van der Waals surface area (Å²) in [7, 11) is 0. The molecule has 1 aliphatic heterocycles. The highest BCUT2D eigenvalue weighted by Crippen LogP contribution is 2.34. The number of hydrogen-bond acceptors (Lipinski definition) is 5. The number of ether oxygens (including phenoxy) is 2. The Labute approximate surface area is 205 Å². The molecule has 1 heterocycles. The van der Waals surface area contributed by atoms with E-state index < -0.39 is 35.9 Å². The second-order valence-electron chi connectivity index (χ2n) is 8.11. The number of cyclic esters (lactones) is 1. The molecule has 1 saturated heterocycles. The molecule has 7 heteroatoms. The fraction of sp³-hybridized carbons (Fsp3) is 0.185. The van der Waals surface area contributed by atoms with E-state index in [1.54, 1.807) is 12.1 Å². The SMILES string of the molecule is O=C1OC(CO)(COC(=O)C(c2ccccc2)c2ccccc2)C/C1=C/c1ccc(F)c(Br)c1. The van der Waals surface area contributed by atoms with E-state index in [1.807, 2.05) is 60.7 Å². The Bertz CT molecular complexity index is 1170. The quantitative estimate of drug-likeness (QED) is 0.346. The summed E-state index contributed by atoms with van der Waals surface area (Å²) in [4.78, 5) is 25.7. The van der Waals surface area contributed by atoms with Crippen molar-refractivity contribution in [3.05, 3.63) is 111 Å². The van der Waals surface area contributed by atoms with Crippen molar-refractivity contribution in [2.45, 2.75) is 17.9 Å². The van der Waals surface area contributed by atoms with Crippen LogP contribution in [0, 0.1) is 5.82 Å². The molecule has 1 unspecified atom stereocenters. The van der Waals surface area contributed by atoms with Crippen LogP contribution in [0.25, 0.3) is 6.08 Å². The van der Waals surface area contributed by atoms with Gasteiger partial charge in [0.1, 0.15) is 18.3 Å². The van der Waals surface area contributed by atoms with Gasteiger partial charge in [-0.15, -0.1) is 0 Å². The first kappa shape index (κ1) is 23.9. The predicted molar refractivity (Wildman–Crippen MR) is 128 cm³/mol. The molecule has 0 aromatic heterocycles. The number of carbonyl (C=O) groups is 2. The third kappa shape index (κ3) is 5.26. The Morgan fingerprint density at radius 3 is 2.26 bits per heavy atom. The summed E-state index contributed by atoms with van der Waals surface area (Å²) in [6.07, 6.45) is 1.62. The highest BCUT2D eigenvalue weighted by molar-refractivity contribution is 9.10. The molecule has 1 atom stereocenters. The molecule has 0 bridgehead atoms. The number of rotatable bonds is 7. The van der Waals surface area contributed by atoms with E-state index in [2.05, 4.69) is 15.9 Å². The fourth-order valence-corrected chi connectivity index (χ4v) is 4.28. The highest BCUT2D eigenvalue weighted by Gasteiger charge is 2.45. The summed E-state index contributed by atoms with van der Waals surface area (Å²) in [6, 6.07) is 22.8. The zero-order chi connectivity index (χ0) is 24.1. The van der Waals surface area contributed by atoms with Crippen molar-refractivity contribution >= 4 is 33.9 Å². The number of aliphatic hydroxyl groups is 1. The minimum absolute atomic E-state index is 0.0476. The first-order chi connectivity index (χ1) is 16.4. The first-order valence-corrected chi connectivity index (χ1v) is 11.5. The zero-order valence-corrected chi connectivity index (χ0v) is 19.7. The lowest BCUT2D eigenvalue weighted by atomic mass is 9.91. The Balaban J connectivity index is 1.52. The summed E-state index contributed by atoms with van der Waals surface area (Å²) in [5, 5.41) is 10.0. The number of benzene rings is 3. The molecule has 4 rings (SSSR count). The first-order valence-electron chi connectivity index (χ1n) is 10.7. The molecule has 0 radical (unpaired) electrons. The average molecular weight is 525 g/mol. The van der Waals surface area contributed by atoms with E-state index in [0.29, 0.717) is 11.1 Å². The normalized spacial score (nSPS) is 18.8. The molecule has 3 aromatic rings. The lowest BCUT2D eigenvalue weighted by Crippen LogP contribution is -2.40. The predicted octanol–water partition coefficient (Wildman–Crippen LogP) is 5.02. The Kier molecular flexibility index (Phi) is 7.24. The van der Waals surface area contributed by atoms with Crippen molar-refractivity contribution in [3.63, 3.8) is 0 Å². The van der Waals surface area contributed by atoms with Crippen molar-refractivity contribution in [1.29, 1.82) is 0 Å². The minimum atomic E-state index is -1.38. The summed E-state index contributed by atoms with van der Waals surface area (Å²) < 4.78 is 24.9. The summed E-state index contributed by atoms with van der Waals surface area (Å²) >= 11 is 3.12. The zero-order valence-electron chi connectivity index (χ0n) is 18.1. The van der Waals surface area contributed by atoms with Crippen LogP contribution in [0.4, 0.5) is 4.39 Å². The molecule has 0 amide bonds. The maximum Gasteiger partial charge on any atom is 0.334 e. The van der Waals surface area contributed by atoms with Crippen molar-refractivity contribution in [2.75, 3.05) is 13.2 Å². The smallest absolute Gasteiger partial charge is 0.334 e. The molecular weight excluding hydrogens is 503 g/mol. The van der Waals surface area contributed by atoms with Crippen LogP contribution < -0.4 is 0 Å². The van der Waals surface area contributed by atoms with Gasteiger partial charge in [-0.05, 0) is 50.8 Å². The van der Waals surface area contributed by atoms with Crippen molar-refractivity contribution in [3.8, 4) is 0 Å². The van der Waals surface area contributed by atoms with E-state index >= 15 is 0 Å². The van der Waals surface area contributed by atoms with E-state index in [4.69, 9.17) is 9.47 Å². The van der Waals surface area contributed by atoms with Gasteiger partial charge >= 0.3 is 11.9 Å². The largest absolute Gasteiger partial charge is 0.461 e. The summed E-state index contributed by atoms with van der Waals surface area (Å²) in [5.74, 6) is -2.21. The van der Waals surface area contributed by atoms with Crippen LogP contribution in [0.15, 0.2) is 88.9 Å². The van der Waals surface area contributed by atoms with Gasteiger partial charge in [0.2, 0.25) is 0 Å². The van der Waals surface area contributed by atoms with Gasteiger partial charge in [0.25, 0.3) is 0 Å². The Hall–Kier alpha value is -3.29. The number of aliphatic hydroxyl groups excluding tert-OH is 1. The van der Waals surface area contributed by atoms with Crippen molar-refractivity contribution in [1.82, 2.24) is 0 Å². The van der Waals surface area contributed by atoms with Crippen molar-refractivity contribution in [2.24, 2.45) is 0 Å². The molecule has 5 nitrogen and oxygen atoms in total. The van der Waals surface area contributed by atoms with E-state index in [-0.39, 0.29) is 17.5 Å². The molecule has 0 saturated carbocycles. The van der Waals surface area contributed by atoms with Crippen LogP contribution in [-0.4, -0.2) is 35.9 Å². The maximum absolute atomic E-state index is 13.5. The molecular formula is C27H22BrFO5. The standard InChI is InChI=1S/C27H22BrFO5/c28-22-14-18(11-12-23(22)29)13-21-15-27(16-30,34-25(21)31)17-33-26(32)24(19-7-3-1-4-8-19)20-9-5-2-6-10-20/h1-14,24,30H,15-17H2/b21-13-. The molecule has 1 N–H and O–H groups in total. The molecule has 3 aromatic carbocycles. The Morgan fingerprint density at radius 2 is 1.71 bits per heavy atom. The fourth-order valence-electron chi connectivity index (χ4n) is 3.89. The molecule has 1 aliphatic rings. The van der Waals surface area contributed by atoms with Crippen molar-refractivity contribution < 1.29 is 28.6 Å². The highest BCUT2D eigenvalue weighted by atomic mass is 79.9. The maximum atomic E-state index is 13.5. The lowest BCUT2D eigenvalue weighted by Gasteiger charge is -2.26. The van der Waals surface area contributed by atoms with Gasteiger partial charge in [0.15, 0.2) is 5.60 Å². The van der Waals surface area contributed by atoms with Crippen LogP contribution in [0.1, 0.15) is 29.0 Å². The second kappa shape index (κ2) is 10.3. The summed E-state index contributed by atoms with van der Waals surface area (Å²) in [6.45, 7) is -0.813. The van der Waals surface area contributed by atoms with Gasteiger partial charge in [-0.2, -0.15) is 0 Å². The molecule has 1 fully saturated rings. The third-order valence-corrected chi connectivity index (χ3v) is 6.24. The van der Waals surface area contributed by atoms with Gasteiger partial charge in [0.05, 0.1) is 11.1 Å². The van der Waals surface area contributed by atoms with Gasteiger partial charge in [0, 0.05) is 12.0 Å². The molecule has 34 heavy (non-hydrogen) atoms. The lowest BCUT2D eigenvalue weighted by molar-refractivity contribution is -0.166. The molecule has 0 spiro atoms. The van der Waals surface area contributed by atoms with Gasteiger partial charge in [-0.25, -0.2) is 9.18 Å². The van der Waals surface area contributed by atoms with E-state index in [9.17, 15) is 19.1 Å². The van der Waals surface area contributed by atoms with Gasteiger partial charge < -0.3 is 14.6 Å². The van der Waals surface area contributed by atoms with E-state index in [1.165, 1.54) is 12.1 Å². The van der Waals surface area contributed by atoms with Crippen LogP contribution in [0.5, 0.6) is 0 Å². The van der Waals surface area contributed by atoms with Gasteiger partial charge in [-0.1, -0.05) is 66.7 Å². The minimum Gasteiger partial charge on any atom is -0.461 e. The number of halogens is 2. The van der Waals surface area contributed by atoms with E-state index in [0.717, 1.165) is 11.1 Å². The van der Waals surface area contributed by atoms with Crippen LogP contribution in [0.2, 0.25) is 0 Å². The number of hydrogen-bond donors (Lipinski definition) is 1. The number of esters is 2. The topological polar surface area (TPSA) is 72.8 Å². The van der Waals surface area contributed by atoms with Crippen LogP contribution >= 0.6 is 15.9 Å². The van der Waals surface area contributed by atoms with Crippen LogP contribution in [-0.2, 0) is 19.1 Å². The second-order valence-corrected chi connectivity index (χ2v) is 8.97. The number of carbonyl (C=O) groups excluding carboxylic acids is 2. The van der Waals surface area contributed by atoms with Gasteiger partial charge in [-0.3, -0.25) is 4.79 Å². The Morgan fingerprint density at radius 1 is 1.09 bits per heavy atom. The third-order valence-electron chi connectivity index (χ3n) is 5.64. The molecule has 0 aliphatic carbocycles. The average Bonchev–Trinajstić information content (AvgIpc) is 3.17. The van der Waals surface area contributed by atoms with Crippen LogP contribution in [0.3, 0.4) is 0 Å². The monoisotopic (exact) mass is 524 g/mol.